The average Bonchev–Trinajstić information content (AvgIpc) is 3.76. The Balaban J connectivity index is 0.00000293. The van der Waals surface area contributed by atoms with Gasteiger partial charge >= 0.3 is 11.9 Å². The Kier molecular flexibility index (Phi) is 14.3. The number of thioether (sulfide) groups is 1. The number of ether oxygens (including phenoxy) is 6. The van der Waals surface area contributed by atoms with E-state index in [2.05, 4.69) is 42.1 Å². The largest absolute Gasteiger partial charge is 0.504 e. The quantitative estimate of drug-likeness (QED) is 0.102. The maximum Gasteiger partial charge on any atom is 0.331 e. The van der Waals surface area contributed by atoms with Crippen molar-refractivity contribution in [2.24, 2.45) is 0 Å². The van der Waals surface area contributed by atoms with Crippen molar-refractivity contribution in [3.63, 3.8) is 0 Å². The van der Waals surface area contributed by atoms with Gasteiger partial charge in [0.15, 0.2) is 40.0 Å². The van der Waals surface area contributed by atoms with Crippen LogP contribution in [0.2, 0.25) is 0 Å². The van der Waals surface area contributed by atoms with Crippen LogP contribution in [0.5, 0.6) is 40.2 Å². The fraction of sp³-hybridized carbons (Fsp3) is 0.592. The molecule has 0 aliphatic carbocycles. The molecular formula is C49H67N3O10S. The van der Waals surface area contributed by atoms with Crippen LogP contribution < -0.4 is 29.0 Å². The minimum absolute atomic E-state index is 0.00743. The number of esters is 2. The lowest BCUT2D eigenvalue weighted by Gasteiger charge is -2.58. The molecule has 0 saturated carbocycles. The Bertz CT molecular complexity index is 2200. The van der Waals surface area contributed by atoms with E-state index in [1.54, 1.807) is 31.0 Å². The average molecular weight is 890 g/mol. The van der Waals surface area contributed by atoms with Crippen molar-refractivity contribution in [2.45, 2.75) is 135 Å². The van der Waals surface area contributed by atoms with Crippen molar-refractivity contribution in [3.05, 3.63) is 62.7 Å². The Hall–Kier alpha value is -4.37. The number of carbonyl (C=O) groups is 2. The van der Waals surface area contributed by atoms with Crippen molar-refractivity contribution in [2.75, 3.05) is 53.5 Å². The highest BCUT2D eigenvalue weighted by molar-refractivity contribution is 8.00. The molecule has 1 spiro atoms. The number of piperazine rings is 1. The summed E-state index contributed by atoms with van der Waals surface area (Å²) >= 11 is 1.67. The van der Waals surface area contributed by atoms with Gasteiger partial charge in [0.2, 0.25) is 6.79 Å². The Labute approximate surface area is 377 Å². The number of nitrogens with one attached hydrogen (secondary N) is 1. The van der Waals surface area contributed by atoms with Crippen molar-refractivity contribution in [1.29, 1.82) is 0 Å². The number of hydrogen-bond donors (Lipinski definition) is 3. The Morgan fingerprint density at radius 1 is 0.952 bits per heavy atom. The van der Waals surface area contributed by atoms with Crippen molar-refractivity contribution >= 4 is 23.7 Å². The highest BCUT2D eigenvalue weighted by Gasteiger charge is 2.54. The van der Waals surface area contributed by atoms with Crippen LogP contribution in [0, 0.1) is 20.8 Å². The maximum absolute atomic E-state index is 15.0. The summed E-state index contributed by atoms with van der Waals surface area (Å²) in [5.41, 5.74) is 5.26. The van der Waals surface area contributed by atoms with Crippen LogP contribution >= 0.6 is 11.8 Å². The number of phenols is 2. The van der Waals surface area contributed by atoms with E-state index >= 15 is 4.79 Å². The number of unbranched alkanes of at least 4 members (excludes halogenated alkanes) is 4. The Morgan fingerprint density at radius 2 is 1.70 bits per heavy atom. The molecule has 2 saturated heterocycles. The second kappa shape index (κ2) is 19.4. The molecule has 5 unspecified atom stereocenters. The second-order valence-electron chi connectivity index (χ2n) is 17.4. The first-order valence-electron chi connectivity index (χ1n) is 22.8. The van der Waals surface area contributed by atoms with E-state index in [9.17, 15) is 15.0 Å². The molecule has 5 heterocycles. The number of hydrogen-bond acceptors (Lipinski definition) is 14. The van der Waals surface area contributed by atoms with Crippen LogP contribution in [0.25, 0.3) is 0 Å². The van der Waals surface area contributed by atoms with Crippen LogP contribution in [0.3, 0.4) is 0 Å². The fourth-order valence-electron chi connectivity index (χ4n) is 10.7. The van der Waals surface area contributed by atoms with Gasteiger partial charge in [-0.3, -0.25) is 19.9 Å². The lowest BCUT2D eigenvalue weighted by Crippen LogP contribution is -2.65. The van der Waals surface area contributed by atoms with Gasteiger partial charge in [-0.25, -0.2) is 4.79 Å². The number of fused-ring (bicyclic) bond motifs is 9. The number of aromatic hydroxyl groups is 2. The molecule has 13 nitrogen and oxygen atoms in total. The SMILES string of the molecule is CC.CCCCCCCC(=O)Oc1c(C)c2c(c(C3COC(=O)[C@]4(CSC(C)C5C6c7c(cc(C)c(OC)c7O)CC(CN35)N6C)NCCc3cc(O)c(OC)cc34)c1C)OCO2. The van der Waals surface area contributed by atoms with Crippen LogP contribution in [0.4, 0.5) is 0 Å². The maximum atomic E-state index is 15.0. The summed E-state index contributed by atoms with van der Waals surface area (Å²) in [6.07, 6.45) is 6.65. The summed E-state index contributed by atoms with van der Waals surface area (Å²) in [5, 5.41) is 26.4. The first-order valence-corrected chi connectivity index (χ1v) is 23.8. The van der Waals surface area contributed by atoms with Gasteiger partial charge in [0, 0.05) is 64.9 Å². The van der Waals surface area contributed by atoms with Gasteiger partial charge in [-0.1, -0.05) is 59.4 Å². The van der Waals surface area contributed by atoms with E-state index in [0.717, 1.165) is 65.5 Å². The van der Waals surface area contributed by atoms with Crippen molar-refractivity contribution in [3.8, 4) is 40.2 Å². The molecule has 3 N–H and O–H groups in total. The van der Waals surface area contributed by atoms with Gasteiger partial charge in [0.05, 0.1) is 26.3 Å². The van der Waals surface area contributed by atoms with E-state index in [0.29, 0.717) is 72.2 Å². The van der Waals surface area contributed by atoms with Crippen LogP contribution in [-0.4, -0.2) is 103 Å². The van der Waals surface area contributed by atoms with Gasteiger partial charge in [0.1, 0.15) is 12.4 Å². The molecule has 6 atom stereocenters. The van der Waals surface area contributed by atoms with Crippen LogP contribution in [-0.2, 0) is 32.7 Å². The number of likely N-dealkylation sites (N-methyl/N-ethyl adjacent to an activating group) is 1. The number of benzene rings is 3. The molecule has 0 radical (unpaired) electrons. The third kappa shape index (κ3) is 8.30. The predicted molar refractivity (Wildman–Crippen MR) is 244 cm³/mol. The summed E-state index contributed by atoms with van der Waals surface area (Å²) in [6, 6.07) is 4.56. The van der Waals surface area contributed by atoms with Crippen LogP contribution in [0.15, 0.2) is 18.2 Å². The van der Waals surface area contributed by atoms with Crippen LogP contribution in [0.1, 0.15) is 123 Å². The summed E-state index contributed by atoms with van der Waals surface area (Å²) in [5.74, 6) is 2.00. The lowest BCUT2D eigenvalue weighted by molar-refractivity contribution is -0.155. The molecule has 344 valence electrons. The minimum atomic E-state index is -1.27. The molecule has 0 aromatic heterocycles. The number of aryl methyl sites for hydroxylation is 1. The van der Waals surface area contributed by atoms with E-state index in [4.69, 9.17) is 28.4 Å². The molecule has 3 aromatic rings. The number of methoxy groups -OCH3 is 2. The normalized spacial score (nSPS) is 25.2. The molecule has 2 fully saturated rings. The molecule has 63 heavy (non-hydrogen) atoms. The topological polar surface area (TPSA) is 148 Å². The zero-order valence-electron chi connectivity index (χ0n) is 38.8. The van der Waals surface area contributed by atoms with Gasteiger partial charge in [-0.15, -0.1) is 0 Å². The first-order chi connectivity index (χ1) is 30.3. The fourth-order valence-corrected chi connectivity index (χ4v) is 12.1. The molecular weight excluding hydrogens is 823 g/mol. The van der Waals surface area contributed by atoms with E-state index in [1.807, 2.05) is 34.6 Å². The molecule has 2 bridgehead atoms. The molecule has 14 heteroatoms. The molecule has 8 rings (SSSR count). The molecule has 0 amide bonds. The van der Waals surface area contributed by atoms with Gasteiger partial charge in [-0.2, -0.15) is 11.8 Å². The molecule has 3 aromatic carbocycles. The summed E-state index contributed by atoms with van der Waals surface area (Å²) in [6.45, 7) is 15.2. The predicted octanol–water partition coefficient (Wildman–Crippen LogP) is 8.10. The third-order valence-corrected chi connectivity index (χ3v) is 15.2. The van der Waals surface area contributed by atoms with Gasteiger partial charge < -0.3 is 38.6 Å². The smallest absolute Gasteiger partial charge is 0.331 e. The lowest BCUT2D eigenvalue weighted by atomic mass is 9.77. The summed E-state index contributed by atoms with van der Waals surface area (Å²) < 4.78 is 36.8. The van der Waals surface area contributed by atoms with E-state index < -0.39 is 17.6 Å². The number of phenolic OH excluding ortho intramolecular Hbond substituents is 2. The minimum Gasteiger partial charge on any atom is -0.504 e. The van der Waals surface area contributed by atoms with E-state index in [1.165, 1.54) is 7.11 Å². The zero-order valence-corrected chi connectivity index (χ0v) is 39.6. The number of nitrogens with zero attached hydrogens (tertiary/aromatic N) is 2. The Morgan fingerprint density at radius 3 is 2.43 bits per heavy atom. The van der Waals surface area contributed by atoms with E-state index in [-0.39, 0.29) is 60.0 Å². The second-order valence-corrected chi connectivity index (χ2v) is 18.8. The highest BCUT2D eigenvalue weighted by atomic mass is 32.2. The number of carbonyl (C=O) groups excluding carboxylic acids is 2. The van der Waals surface area contributed by atoms with Gasteiger partial charge in [-0.05, 0) is 81.5 Å². The summed E-state index contributed by atoms with van der Waals surface area (Å²) in [4.78, 5) is 33.4. The summed E-state index contributed by atoms with van der Waals surface area (Å²) in [7, 11) is 5.23. The van der Waals surface area contributed by atoms with Crippen molar-refractivity contribution < 1.29 is 48.2 Å². The highest BCUT2D eigenvalue weighted by Crippen LogP contribution is 2.56. The molecule has 5 aliphatic rings. The zero-order chi connectivity index (χ0) is 45.3. The van der Waals surface area contributed by atoms with Gasteiger partial charge in [0.25, 0.3) is 0 Å². The number of cyclic esters (lactones) is 1. The third-order valence-electron chi connectivity index (χ3n) is 13.8. The first kappa shape index (κ1) is 46.6. The monoisotopic (exact) mass is 889 g/mol. The number of rotatable bonds is 10. The van der Waals surface area contributed by atoms with Crippen molar-refractivity contribution in [1.82, 2.24) is 15.1 Å². The molecule has 5 aliphatic heterocycles. The standard InChI is InChI=1S/C47H61N3O10S.C2H6/c1-9-10-11-12-13-14-36(52)60-43-26(3)37(45-44(27(43)4)58-24-59-45)33-22-57-46(54)47(32-20-35(55-7)34(51)19-29(32)15-16-48-47)23-61-28(5)39-40-38-30(17-25(2)42(56-8)41(38)53)18-31(49(40)6)21-50(33)39;1-2/h17,19-20,28,31,33,39-40,48,51,53H,9-16,18,21-24H2,1-8H3;1-2H3/t28?,31?,33?,39?,40?,47-;/m1./s1.